The lowest BCUT2D eigenvalue weighted by Gasteiger charge is -2.12. The molecule has 0 nitrogen and oxygen atoms in total. The minimum absolute atomic E-state index is 1.07. The van der Waals surface area contributed by atoms with Crippen molar-refractivity contribution in [3.8, 4) is 0 Å². The van der Waals surface area contributed by atoms with Gasteiger partial charge in [-0.1, -0.05) is 52.4 Å². The summed E-state index contributed by atoms with van der Waals surface area (Å²) < 4.78 is 0. The van der Waals surface area contributed by atoms with E-state index in [0.29, 0.717) is 0 Å². The molecule has 2 rings (SSSR count). The molecule has 0 saturated heterocycles. The molecule has 2 aliphatic rings. The van der Waals surface area contributed by atoms with Gasteiger partial charge in [-0.3, -0.25) is 0 Å². The minimum atomic E-state index is 1.07. The summed E-state index contributed by atoms with van der Waals surface area (Å²) in [6, 6.07) is 0. The van der Waals surface area contributed by atoms with E-state index in [2.05, 4.69) is 13.8 Å². The number of fused-ring (bicyclic) bond motifs is 1. The molecule has 2 aliphatic carbocycles. The average Bonchev–Trinajstić information content (AvgIpc) is 2.90. The standard InChI is InChI=1S/C14H26/c1-3-4-5-6-7-8-12-9-11(2)13-10-14(12)13/h11-14H,3-10H2,1-2H3. The second kappa shape index (κ2) is 4.68. The quantitative estimate of drug-likeness (QED) is 0.540. The molecule has 0 heterocycles. The van der Waals surface area contributed by atoms with Crippen LogP contribution in [0.2, 0.25) is 0 Å². The van der Waals surface area contributed by atoms with E-state index in [9.17, 15) is 0 Å². The first kappa shape index (κ1) is 10.5. The van der Waals surface area contributed by atoms with E-state index >= 15 is 0 Å². The molecule has 4 unspecified atom stereocenters. The lowest BCUT2D eigenvalue weighted by Crippen LogP contribution is -2.01. The first-order valence-electron chi connectivity index (χ1n) is 6.83. The second-order valence-electron chi connectivity index (χ2n) is 5.74. The smallest absolute Gasteiger partial charge is 0.0352 e. The average molecular weight is 194 g/mol. The van der Waals surface area contributed by atoms with Crippen LogP contribution in [0.5, 0.6) is 0 Å². The van der Waals surface area contributed by atoms with Crippen LogP contribution in [0.3, 0.4) is 0 Å². The molecule has 0 aromatic heterocycles. The first-order chi connectivity index (χ1) is 6.83. The van der Waals surface area contributed by atoms with Crippen LogP contribution >= 0.6 is 0 Å². The summed E-state index contributed by atoms with van der Waals surface area (Å²) in [7, 11) is 0. The third-order valence-corrected chi connectivity index (χ3v) is 4.58. The molecule has 0 N–H and O–H groups in total. The Morgan fingerprint density at radius 2 is 1.71 bits per heavy atom. The topological polar surface area (TPSA) is 0 Å². The fraction of sp³-hybridized carbons (Fsp3) is 1.00. The van der Waals surface area contributed by atoms with E-state index in [1.165, 1.54) is 38.0 Å². The number of rotatable bonds is 6. The number of hydrogen-bond donors (Lipinski definition) is 0. The van der Waals surface area contributed by atoms with Crippen LogP contribution < -0.4 is 0 Å². The fourth-order valence-corrected chi connectivity index (χ4v) is 3.60. The summed E-state index contributed by atoms with van der Waals surface area (Å²) in [4.78, 5) is 0. The molecule has 0 heteroatoms. The van der Waals surface area contributed by atoms with E-state index in [0.717, 1.165) is 17.8 Å². The van der Waals surface area contributed by atoms with Crippen molar-refractivity contribution < 1.29 is 0 Å². The molecule has 2 saturated carbocycles. The van der Waals surface area contributed by atoms with Crippen molar-refractivity contribution >= 4 is 0 Å². The maximum Gasteiger partial charge on any atom is -0.0352 e. The Kier molecular flexibility index (Phi) is 3.52. The molecular formula is C14H26. The van der Waals surface area contributed by atoms with Gasteiger partial charge in [0.1, 0.15) is 0 Å². The highest BCUT2D eigenvalue weighted by molar-refractivity contribution is 5.00. The van der Waals surface area contributed by atoms with Gasteiger partial charge in [0.05, 0.1) is 0 Å². The normalized spacial score (nSPS) is 39.9. The molecule has 0 aromatic rings. The number of unbranched alkanes of at least 4 members (excludes halogenated alkanes) is 4. The molecule has 82 valence electrons. The van der Waals surface area contributed by atoms with E-state index in [1.807, 2.05) is 0 Å². The number of hydrogen-bond acceptors (Lipinski definition) is 0. The van der Waals surface area contributed by atoms with Gasteiger partial charge in [-0.05, 0) is 36.5 Å². The van der Waals surface area contributed by atoms with Gasteiger partial charge >= 0.3 is 0 Å². The Morgan fingerprint density at radius 1 is 0.929 bits per heavy atom. The Balaban J connectivity index is 1.54. The van der Waals surface area contributed by atoms with Crippen LogP contribution in [0.4, 0.5) is 0 Å². The highest BCUT2D eigenvalue weighted by atomic mass is 14.6. The maximum absolute atomic E-state index is 2.47. The zero-order valence-corrected chi connectivity index (χ0v) is 9.97. The summed E-state index contributed by atoms with van der Waals surface area (Å²) in [5.74, 6) is 4.55. The Morgan fingerprint density at radius 3 is 2.29 bits per heavy atom. The highest BCUT2D eigenvalue weighted by Crippen LogP contribution is 2.59. The summed E-state index contributed by atoms with van der Waals surface area (Å²) in [6.07, 6.45) is 12.0. The van der Waals surface area contributed by atoms with Gasteiger partial charge in [0.15, 0.2) is 0 Å². The summed E-state index contributed by atoms with van der Waals surface area (Å²) in [6.45, 7) is 4.77. The Bertz CT molecular complexity index is 173. The minimum Gasteiger partial charge on any atom is -0.0654 e. The Labute approximate surface area is 89.5 Å². The van der Waals surface area contributed by atoms with Gasteiger partial charge in [-0.15, -0.1) is 0 Å². The molecule has 14 heavy (non-hydrogen) atoms. The third kappa shape index (κ3) is 2.32. The molecule has 0 aliphatic heterocycles. The fourth-order valence-electron chi connectivity index (χ4n) is 3.60. The van der Waals surface area contributed by atoms with Crippen molar-refractivity contribution in [2.24, 2.45) is 23.7 Å². The van der Waals surface area contributed by atoms with Crippen LogP contribution in [0, 0.1) is 23.7 Å². The lowest BCUT2D eigenvalue weighted by atomic mass is 9.93. The first-order valence-corrected chi connectivity index (χ1v) is 6.83. The van der Waals surface area contributed by atoms with Crippen molar-refractivity contribution in [1.29, 1.82) is 0 Å². The SMILES string of the molecule is CCCCCCCC1CC(C)C2CC12. The van der Waals surface area contributed by atoms with Gasteiger partial charge < -0.3 is 0 Å². The second-order valence-corrected chi connectivity index (χ2v) is 5.74. The molecule has 0 amide bonds. The predicted molar refractivity (Wildman–Crippen MR) is 62.2 cm³/mol. The lowest BCUT2D eigenvalue weighted by molar-refractivity contribution is 0.390. The zero-order valence-electron chi connectivity index (χ0n) is 9.97. The van der Waals surface area contributed by atoms with Gasteiger partial charge in [0.2, 0.25) is 0 Å². The maximum atomic E-state index is 2.47. The van der Waals surface area contributed by atoms with E-state index in [1.54, 1.807) is 19.3 Å². The van der Waals surface area contributed by atoms with Crippen LogP contribution in [0.25, 0.3) is 0 Å². The monoisotopic (exact) mass is 194 g/mol. The largest absolute Gasteiger partial charge is 0.0654 e. The van der Waals surface area contributed by atoms with Crippen molar-refractivity contribution in [3.05, 3.63) is 0 Å². The summed E-state index contributed by atoms with van der Waals surface area (Å²) in [5, 5.41) is 0. The Hall–Kier alpha value is 0. The molecule has 0 bridgehead atoms. The highest BCUT2D eigenvalue weighted by Gasteiger charge is 2.51. The van der Waals surface area contributed by atoms with Crippen molar-refractivity contribution in [2.45, 2.75) is 65.2 Å². The molecule has 0 radical (unpaired) electrons. The van der Waals surface area contributed by atoms with E-state index in [4.69, 9.17) is 0 Å². The van der Waals surface area contributed by atoms with Gasteiger partial charge in [0.25, 0.3) is 0 Å². The summed E-state index contributed by atoms with van der Waals surface area (Å²) in [5.41, 5.74) is 0. The van der Waals surface area contributed by atoms with Gasteiger partial charge in [-0.2, -0.15) is 0 Å². The molecule has 2 fully saturated rings. The van der Waals surface area contributed by atoms with Crippen LogP contribution in [0.15, 0.2) is 0 Å². The summed E-state index contributed by atoms with van der Waals surface area (Å²) >= 11 is 0. The van der Waals surface area contributed by atoms with Crippen LogP contribution in [0.1, 0.15) is 65.2 Å². The zero-order chi connectivity index (χ0) is 9.97. The molecular weight excluding hydrogens is 168 g/mol. The van der Waals surface area contributed by atoms with Crippen molar-refractivity contribution in [1.82, 2.24) is 0 Å². The van der Waals surface area contributed by atoms with E-state index in [-0.39, 0.29) is 0 Å². The van der Waals surface area contributed by atoms with Gasteiger partial charge in [-0.25, -0.2) is 0 Å². The third-order valence-electron chi connectivity index (χ3n) is 4.58. The van der Waals surface area contributed by atoms with Gasteiger partial charge in [0, 0.05) is 0 Å². The van der Waals surface area contributed by atoms with Crippen molar-refractivity contribution in [3.63, 3.8) is 0 Å². The molecule has 0 spiro atoms. The predicted octanol–water partition coefficient (Wildman–Crippen LogP) is 4.64. The van der Waals surface area contributed by atoms with Crippen LogP contribution in [-0.4, -0.2) is 0 Å². The van der Waals surface area contributed by atoms with Crippen molar-refractivity contribution in [2.75, 3.05) is 0 Å². The molecule has 0 aromatic carbocycles. The van der Waals surface area contributed by atoms with E-state index < -0.39 is 0 Å². The van der Waals surface area contributed by atoms with Crippen LogP contribution in [-0.2, 0) is 0 Å². The molecule has 4 atom stereocenters.